The number of rotatable bonds is 1. The van der Waals surface area contributed by atoms with Crippen LogP contribution in [0.25, 0.3) is 0 Å². The van der Waals surface area contributed by atoms with E-state index in [1.807, 2.05) is 0 Å². The summed E-state index contributed by atoms with van der Waals surface area (Å²) in [6.07, 6.45) is 0. The van der Waals surface area contributed by atoms with E-state index in [0.717, 1.165) is 0 Å². The summed E-state index contributed by atoms with van der Waals surface area (Å²) in [5, 5.41) is 23.3. The van der Waals surface area contributed by atoms with Gasteiger partial charge in [0.2, 0.25) is 5.66 Å². The lowest BCUT2D eigenvalue weighted by molar-refractivity contribution is -0.536. The lowest BCUT2D eigenvalue weighted by atomic mass is 9.99. The standard InChI is InChI=1S/C8H14N2O3/c1-7(2)5(6(11)12)10(13)8(3,4)9-7/h9H,1-4H3,(H,11,12). The average molecular weight is 186 g/mol. The van der Waals surface area contributed by atoms with Crippen molar-refractivity contribution in [3.8, 4) is 0 Å². The molecule has 5 nitrogen and oxygen atoms in total. The van der Waals surface area contributed by atoms with Crippen LogP contribution in [0.15, 0.2) is 0 Å². The first-order valence-electron chi connectivity index (χ1n) is 4.06. The van der Waals surface area contributed by atoms with Gasteiger partial charge in [-0.15, -0.1) is 0 Å². The highest BCUT2D eigenvalue weighted by Crippen LogP contribution is 2.22. The summed E-state index contributed by atoms with van der Waals surface area (Å²) in [5.74, 6) is -1.17. The van der Waals surface area contributed by atoms with Crippen molar-refractivity contribution in [2.24, 2.45) is 0 Å². The Kier molecular flexibility index (Phi) is 1.88. The van der Waals surface area contributed by atoms with Gasteiger partial charge in [-0.25, -0.2) is 10.1 Å². The molecule has 0 spiro atoms. The van der Waals surface area contributed by atoms with Gasteiger partial charge < -0.3 is 10.3 Å². The Hall–Kier alpha value is -1.10. The number of carboxylic acids is 1. The maximum absolute atomic E-state index is 11.5. The highest BCUT2D eigenvalue weighted by molar-refractivity contribution is 6.37. The van der Waals surface area contributed by atoms with Crippen LogP contribution in [0.3, 0.4) is 0 Å². The summed E-state index contributed by atoms with van der Waals surface area (Å²) in [7, 11) is 0. The van der Waals surface area contributed by atoms with Crippen LogP contribution in [-0.4, -0.2) is 32.7 Å². The molecule has 0 radical (unpaired) electrons. The quantitative estimate of drug-likeness (QED) is 0.451. The summed E-state index contributed by atoms with van der Waals surface area (Å²) in [5.41, 5.74) is -1.77. The van der Waals surface area contributed by atoms with Crippen LogP contribution in [0.1, 0.15) is 27.7 Å². The van der Waals surface area contributed by atoms with E-state index in [4.69, 9.17) is 5.11 Å². The van der Waals surface area contributed by atoms with E-state index in [9.17, 15) is 10.0 Å². The lowest BCUT2D eigenvalue weighted by Gasteiger charge is -2.20. The first-order chi connectivity index (χ1) is 5.68. The minimum Gasteiger partial charge on any atom is -0.622 e. The molecular weight excluding hydrogens is 172 g/mol. The molecule has 1 heterocycles. The molecule has 0 aliphatic carbocycles. The minimum absolute atomic E-state index is 0.141. The Balaban J connectivity index is 3.26. The summed E-state index contributed by atoms with van der Waals surface area (Å²) < 4.78 is 0.523. The largest absolute Gasteiger partial charge is 0.622 e. The predicted molar refractivity (Wildman–Crippen MR) is 47.6 cm³/mol. The molecule has 0 aromatic carbocycles. The average Bonchev–Trinajstić information content (AvgIpc) is 1.96. The van der Waals surface area contributed by atoms with E-state index in [1.165, 1.54) is 0 Å². The fraction of sp³-hybridized carbons (Fsp3) is 0.750. The second kappa shape index (κ2) is 2.45. The molecule has 2 N–H and O–H groups in total. The number of nitrogens with zero attached hydrogens (tertiary/aromatic N) is 1. The fourth-order valence-electron chi connectivity index (χ4n) is 1.76. The highest BCUT2D eigenvalue weighted by atomic mass is 16.5. The number of carbonyl (C=O) groups is 1. The van der Waals surface area contributed by atoms with Gasteiger partial charge in [-0.05, 0) is 13.8 Å². The number of hydrogen-bond donors (Lipinski definition) is 2. The number of hydrogen-bond acceptors (Lipinski definition) is 3. The van der Waals surface area contributed by atoms with E-state index >= 15 is 0 Å². The lowest BCUT2D eigenvalue weighted by Crippen LogP contribution is -2.50. The molecule has 0 aromatic heterocycles. The maximum Gasteiger partial charge on any atom is 0.399 e. The fourth-order valence-corrected chi connectivity index (χ4v) is 1.76. The highest BCUT2D eigenvalue weighted by Gasteiger charge is 2.52. The predicted octanol–water partition coefficient (Wildman–Crippen LogP) is 0.140. The van der Waals surface area contributed by atoms with Crippen LogP contribution < -0.4 is 5.32 Å². The molecular formula is C8H14N2O3. The van der Waals surface area contributed by atoms with Crippen molar-refractivity contribution >= 4 is 11.7 Å². The summed E-state index contributed by atoms with van der Waals surface area (Å²) in [4.78, 5) is 10.8. The zero-order chi connectivity index (χ0) is 10.4. The topological polar surface area (TPSA) is 75.4 Å². The number of carboxylic acid groups (broad SMARTS) is 1. The van der Waals surface area contributed by atoms with Gasteiger partial charge >= 0.3 is 5.97 Å². The first-order valence-corrected chi connectivity index (χ1v) is 4.06. The molecule has 74 valence electrons. The van der Waals surface area contributed by atoms with Crippen molar-refractivity contribution in [1.29, 1.82) is 0 Å². The van der Waals surface area contributed by atoms with E-state index in [-0.39, 0.29) is 5.71 Å². The number of aliphatic carboxylic acids is 1. The normalized spacial score (nSPS) is 24.9. The third-order valence-electron chi connectivity index (χ3n) is 2.12. The minimum atomic E-state index is -1.17. The molecule has 0 saturated heterocycles. The van der Waals surface area contributed by atoms with Gasteiger partial charge in [0.1, 0.15) is 5.54 Å². The number of hydroxylamine groups is 1. The van der Waals surface area contributed by atoms with Crippen LogP contribution in [0, 0.1) is 5.21 Å². The van der Waals surface area contributed by atoms with E-state index < -0.39 is 17.2 Å². The third kappa shape index (κ3) is 1.39. The number of nitrogens with one attached hydrogen (secondary N) is 1. The molecule has 0 bridgehead atoms. The van der Waals surface area contributed by atoms with Crippen molar-refractivity contribution in [3.63, 3.8) is 0 Å². The Morgan fingerprint density at radius 1 is 1.46 bits per heavy atom. The maximum atomic E-state index is 11.5. The molecule has 1 aliphatic heterocycles. The van der Waals surface area contributed by atoms with Crippen molar-refractivity contribution in [1.82, 2.24) is 5.32 Å². The first kappa shape index (κ1) is 9.98. The zero-order valence-corrected chi connectivity index (χ0v) is 8.21. The van der Waals surface area contributed by atoms with Gasteiger partial charge in [-0.3, -0.25) is 0 Å². The van der Waals surface area contributed by atoms with Gasteiger partial charge in [0.05, 0.1) is 0 Å². The SMILES string of the molecule is CC1(C)NC(C)(C)[N+]([O-])=C1C(=O)O. The summed E-state index contributed by atoms with van der Waals surface area (Å²) >= 11 is 0. The van der Waals surface area contributed by atoms with E-state index in [2.05, 4.69) is 5.32 Å². The Labute approximate surface area is 76.6 Å². The van der Waals surface area contributed by atoms with E-state index in [0.29, 0.717) is 4.74 Å². The second-order valence-corrected chi connectivity index (χ2v) is 4.26. The van der Waals surface area contributed by atoms with Crippen molar-refractivity contribution < 1.29 is 14.6 Å². The van der Waals surface area contributed by atoms with Crippen LogP contribution in [0.2, 0.25) is 0 Å². The summed E-state index contributed by atoms with van der Waals surface area (Å²) in [6.45, 7) is 6.65. The molecule has 5 heteroatoms. The van der Waals surface area contributed by atoms with Crippen molar-refractivity contribution in [3.05, 3.63) is 5.21 Å². The molecule has 0 amide bonds. The Bertz CT molecular complexity index is 292. The monoisotopic (exact) mass is 186 g/mol. The van der Waals surface area contributed by atoms with Crippen LogP contribution in [0.4, 0.5) is 0 Å². The molecule has 0 aromatic rings. The Morgan fingerprint density at radius 2 is 1.92 bits per heavy atom. The van der Waals surface area contributed by atoms with Crippen molar-refractivity contribution in [2.45, 2.75) is 38.9 Å². The molecule has 1 rings (SSSR count). The van der Waals surface area contributed by atoms with Gasteiger partial charge in [-0.2, -0.15) is 4.74 Å². The van der Waals surface area contributed by atoms with Gasteiger partial charge in [0.15, 0.2) is 0 Å². The van der Waals surface area contributed by atoms with Crippen LogP contribution in [0.5, 0.6) is 0 Å². The van der Waals surface area contributed by atoms with Crippen LogP contribution in [-0.2, 0) is 4.79 Å². The zero-order valence-electron chi connectivity index (χ0n) is 8.21. The third-order valence-corrected chi connectivity index (χ3v) is 2.12. The van der Waals surface area contributed by atoms with Crippen LogP contribution >= 0.6 is 0 Å². The molecule has 0 saturated carbocycles. The van der Waals surface area contributed by atoms with Gasteiger partial charge in [0.25, 0.3) is 5.71 Å². The second-order valence-electron chi connectivity index (χ2n) is 4.26. The molecule has 1 aliphatic rings. The van der Waals surface area contributed by atoms with Gasteiger partial charge in [-0.1, -0.05) is 0 Å². The molecule has 0 atom stereocenters. The molecule has 0 fully saturated rings. The van der Waals surface area contributed by atoms with E-state index in [1.54, 1.807) is 27.7 Å². The molecule has 13 heavy (non-hydrogen) atoms. The summed E-state index contributed by atoms with van der Waals surface area (Å²) in [6, 6.07) is 0. The Morgan fingerprint density at radius 3 is 2.08 bits per heavy atom. The van der Waals surface area contributed by atoms with Gasteiger partial charge in [0, 0.05) is 13.8 Å². The smallest absolute Gasteiger partial charge is 0.399 e. The molecule has 0 unspecified atom stereocenters. The van der Waals surface area contributed by atoms with Crippen molar-refractivity contribution in [2.75, 3.05) is 0 Å².